The lowest BCUT2D eigenvalue weighted by Crippen LogP contribution is -2.03. The second kappa shape index (κ2) is 4.13. The summed E-state index contributed by atoms with van der Waals surface area (Å²) in [6, 6.07) is 4.86. The van der Waals surface area contributed by atoms with Crippen LogP contribution in [0.15, 0.2) is 23.1 Å². The summed E-state index contributed by atoms with van der Waals surface area (Å²) < 4.78 is 24.4. The van der Waals surface area contributed by atoms with Crippen LogP contribution in [0.5, 0.6) is 0 Å². The largest absolute Gasteiger partial charge is 0.766 e. The van der Waals surface area contributed by atoms with E-state index >= 15 is 0 Å². The van der Waals surface area contributed by atoms with Gasteiger partial charge >= 0.3 is 0 Å². The molecule has 0 saturated carbocycles. The maximum absolute atomic E-state index is 11.5. The van der Waals surface area contributed by atoms with Crippen LogP contribution in [0.3, 0.4) is 0 Å². The minimum Gasteiger partial charge on any atom is -0.766 e. The predicted octanol–water partition coefficient (Wildman–Crippen LogP) is 0.421. The third-order valence-electron chi connectivity index (χ3n) is 2.27. The zero-order chi connectivity index (χ0) is 12.6. The van der Waals surface area contributed by atoms with Crippen molar-refractivity contribution in [1.82, 2.24) is 20.2 Å². The Hall–Kier alpha value is -1.38. The van der Waals surface area contributed by atoms with Crippen molar-refractivity contribution in [3.8, 4) is 11.4 Å². The number of hydrogen-bond acceptors (Lipinski definition) is 6. The number of nitrogens with zero attached hydrogens (tertiary/aromatic N) is 4. The Bertz CT molecular complexity index is 663. The first-order chi connectivity index (χ1) is 7.89. The fraction of sp³-hybridized carbons (Fsp3) is 0.222. The van der Waals surface area contributed by atoms with Crippen molar-refractivity contribution in [2.45, 2.75) is 11.8 Å². The fourth-order valence-electron chi connectivity index (χ4n) is 1.49. The minimum absolute atomic E-state index is 0.0519. The van der Waals surface area contributed by atoms with E-state index in [0.29, 0.717) is 11.4 Å². The number of rotatable bonds is 2. The van der Waals surface area contributed by atoms with Crippen LogP contribution >= 0.6 is 0 Å². The van der Waals surface area contributed by atoms with Gasteiger partial charge in [0, 0.05) is 17.5 Å². The van der Waals surface area contributed by atoms with Crippen molar-refractivity contribution in [3.05, 3.63) is 23.8 Å². The Morgan fingerprint density at radius 3 is 2.71 bits per heavy atom. The van der Waals surface area contributed by atoms with Gasteiger partial charge in [0.05, 0.1) is 0 Å². The van der Waals surface area contributed by atoms with E-state index in [-0.39, 0.29) is 4.90 Å². The summed E-state index contributed by atoms with van der Waals surface area (Å²) in [5.41, 5.74) is 1.33. The molecule has 0 aliphatic rings. The highest BCUT2D eigenvalue weighted by Crippen LogP contribution is 2.26. The molecule has 1 heterocycles. The maximum Gasteiger partial charge on any atom is 0.182 e. The average molecular weight is 269 g/mol. The summed E-state index contributed by atoms with van der Waals surface area (Å²) in [7, 11) is -2.08. The Morgan fingerprint density at radius 2 is 2.18 bits per heavy atom. The molecule has 0 radical (unpaired) electrons. The Morgan fingerprint density at radius 1 is 1.47 bits per heavy atom. The van der Waals surface area contributed by atoms with Crippen LogP contribution < -0.4 is 0 Å². The van der Waals surface area contributed by atoms with Crippen LogP contribution in [0.1, 0.15) is 5.56 Å². The lowest BCUT2D eigenvalue weighted by molar-refractivity contribution is 0.534. The lowest BCUT2D eigenvalue weighted by Gasteiger charge is -2.15. The lowest BCUT2D eigenvalue weighted by atomic mass is 10.1. The van der Waals surface area contributed by atoms with Crippen molar-refractivity contribution in [1.29, 1.82) is 0 Å². The first kappa shape index (κ1) is 12.1. The quantitative estimate of drug-likeness (QED) is 0.785. The molecular weight excluding hydrogens is 260 g/mol. The molecule has 0 spiro atoms. The van der Waals surface area contributed by atoms with Gasteiger partial charge in [0.1, 0.15) is 0 Å². The first-order valence-electron chi connectivity index (χ1n) is 4.69. The van der Waals surface area contributed by atoms with Crippen LogP contribution in [0.4, 0.5) is 0 Å². The summed E-state index contributed by atoms with van der Waals surface area (Å²) in [6.07, 6.45) is 0. The number of aromatic nitrogens is 4. The molecule has 1 atom stereocenters. The molecule has 8 heteroatoms. The Balaban J connectivity index is 2.77. The molecule has 0 fully saturated rings. The smallest absolute Gasteiger partial charge is 0.182 e. The van der Waals surface area contributed by atoms with Crippen LogP contribution in [-0.2, 0) is 27.0 Å². The molecule has 90 valence electrons. The van der Waals surface area contributed by atoms with E-state index in [1.54, 1.807) is 19.2 Å². The van der Waals surface area contributed by atoms with Crippen LogP contribution in [0, 0.1) is 6.92 Å². The normalized spacial score (nSPS) is 14.5. The average Bonchev–Trinajstić information content (AvgIpc) is 2.62. The highest BCUT2D eigenvalue weighted by molar-refractivity contribution is 8.29. The number of benzene rings is 1. The Labute approximate surface area is 103 Å². The van der Waals surface area contributed by atoms with Gasteiger partial charge in [0.15, 0.2) is 5.82 Å². The van der Waals surface area contributed by atoms with Crippen molar-refractivity contribution in [3.63, 3.8) is 0 Å². The third-order valence-corrected chi connectivity index (χ3v) is 3.70. The topological polar surface area (TPSA) is 83.7 Å². The Kier molecular flexibility index (Phi) is 2.94. The SMILES string of the molecule is Cc1ccc(S(=O)([O-])=S)c(-c2nnnn2C)c1. The minimum atomic E-state index is -3.72. The third kappa shape index (κ3) is 2.33. The van der Waals surface area contributed by atoms with E-state index in [2.05, 4.69) is 26.7 Å². The molecule has 6 nitrogen and oxygen atoms in total. The fourth-order valence-corrected chi connectivity index (χ4v) is 2.58. The summed E-state index contributed by atoms with van der Waals surface area (Å²) in [5.74, 6) is 0.372. The highest BCUT2D eigenvalue weighted by Gasteiger charge is 2.13. The van der Waals surface area contributed by atoms with Gasteiger partial charge in [-0.1, -0.05) is 11.6 Å². The monoisotopic (exact) mass is 269 g/mol. The zero-order valence-electron chi connectivity index (χ0n) is 9.15. The van der Waals surface area contributed by atoms with Gasteiger partial charge in [-0.3, -0.25) is 4.21 Å². The summed E-state index contributed by atoms with van der Waals surface area (Å²) in [5, 5.41) is 11.0. The van der Waals surface area contributed by atoms with Gasteiger partial charge < -0.3 is 4.55 Å². The molecule has 2 aromatic rings. The van der Waals surface area contributed by atoms with Crippen LogP contribution in [0.25, 0.3) is 11.4 Å². The van der Waals surface area contributed by atoms with Crippen LogP contribution in [0.2, 0.25) is 0 Å². The second-order valence-electron chi connectivity index (χ2n) is 3.58. The van der Waals surface area contributed by atoms with E-state index in [9.17, 15) is 8.76 Å². The standard InChI is InChI=1S/C9H10N4O2S2/c1-6-3-4-8(17(14,15)16)7(5-6)9-10-11-12-13(9)2/h3-5H,1-2H3,(H,14,15,16)/p-1. The predicted molar refractivity (Wildman–Crippen MR) is 63.5 cm³/mol. The van der Waals surface area contributed by atoms with E-state index in [4.69, 9.17) is 0 Å². The molecule has 2 rings (SSSR count). The second-order valence-corrected chi connectivity index (χ2v) is 6.24. The maximum atomic E-state index is 11.5. The van der Waals surface area contributed by atoms with E-state index in [0.717, 1.165) is 5.56 Å². The first-order valence-corrected chi connectivity index (χ1v) is 7.09. The molecular formula is C9H9N4O2S2-. The number of aryl methyl sites for hydroxylation is 2. The number of hydrogen-bond donors (Lipinski definition) is 0. The molecule has 1 aromatic heterocycles. The number of tetrazole rings is 1. The van der Waals surface area contributed by atoms with Gasteiger partial charge in [-0.15, -0.1) is 5.10 Å². The summed E-state index contributed by atoms with van der Waals surface area (Å²) in [4.78, 5) is 0.0519. The molecule has 1 unspecified atom stereocenters. The highest BCUT2D eigenvalue weighted by atomic mass is 32.8. The molecule has 0 amide bonds. The van der Waals surface area contributed by atoms with Gasteiger partial charge in [0.25, 0.3) is 0 Å². The summed E-state index contributed by atoms with van der Waals surface area (Å²) in [6.45, 7) is 1.85. The van der Waals surface area contributed by atoms with Crippen molar-refractivity contribution < 1.29 is 8.76 Å². The van der Waals surface area contributed by atoms with E-state index in [1.807, 2.05) is 6.92 Å². The summed E-state index contributed by atoms with van der Waals surface area (Å²) >= 11 is 4.49. The zero-order valence-corrected chi connectivity index (χ0v) is 10.8. The molecule has 1 aromatic carbocycles. The molecule has 0 aliphatic carbocycles. The molecule has 0 aliphatic heterocycles. The van der Waals surface area contributed by atoms with Gasteiger partial charge in [-0.05, 0) is 49.4 Å². The molecule has 0 saturated heterocycles. The molecule has 0 N–H and O–H groups in total. The molecule has 17 heavy (non-hydrogen) atoms. The van der Waals surface area contributed by atoms with Gasteiger partial charge in [-0.2, -0.15) is 0 Å². The van der Waals surface area contributed by atoms with Gasteiger partial charge in [0.2, 0.25) is 0 Å². The van der Waals surface area contributed by atoms with Crippen molar-refractivity contribution in [2.75, 3.05) is 0 Å². The van der Waals surface area contributed by atoms with Crippen LogP contribution in [-0.4, -0.2) is 29.0 Å². The van der Waals surface area contributed by atoms with Crippen molar-refractivity contribution >= 4 is 20.0 Å². The molecule has 0 bridgehead atoms. The van der Waals surface area contributed by atoms with Crippen molar-refractivity contribution in [2.24, 2.45) is 7.05 Å². The van der Waals surface area contributed by atoms with Gasteiger partial charge in [-0.25, -0.2) is 4.68 Å². The van der Waals surface area contributed by atoms with E-state index < -0.39 is 8.77 Å². The van der Waals surface area contributed by atoms with E-state index in [1.165, 1.54) is 10.7 Å².